The highest BCUT2D eigenvalue weighted by molar-refractivity contribution is 5.30. The minimum absolute atomic E-state index is 0.0940. The van der Waals surface area contributed by atoms with Crippen LogP contribution in [0.3, 0.4) is 0 Å². The zero-order chi connectivity index (χ0) is 18.1. The molecule has 2 saturated heterocycles. The van der Waals surface area contributed by atoms with Crippen LogP contribution in [0, 0.1) is 0 Å². The van der Waals surface area contributed by atoms with E-state index < -0.39 is 6.98 Å². The molecule has 2 aliphatic rings. The second-order valence-electron chi connectivity index (χ2n) is 6.72. The molecule has 0 aromatic heterocycles. The van der Waals surface area contributed by atoms with E-state index in [9.17, 15) is 0 Å². The van der Waals surface area contributed by atoms with Gasteiger partial charge in [-0.15, -0.1) is 0 Å². The van der Waals surface area contributed by atoms with E-state index in [1.807, 2.05) is 36.4 Å². The molecule has 2 heteroatoms. The van der Waals surface area contributed by atoms with Crippen molar-refractivity contribution < 1.29 is 8.85 Å². The highest BCUT2D eigenvalue weighted by atomic mass is 16.5. The summed E-state index contributed by atoms with van der Waals surface area (Å²) in [6.07, 6.45) is 3.50. The number of ether oxygens (including phenoxy) is 1. The number of benzene rings is 2. The van der Waals surface area contributed by atoms with Gasteiger partial charge in [-0.1, -0.05) is 60.7 Å². The Balaban J connectivity index is 1.55. The Labute approximate surface area is 143 Å². The molecule has 23 heavy (non-hydrogen) atoms. The molecule has 0 radical (unpaired) electrons. The van der Waals surface area contributed by atoms with Crippen LogP contribution in [0.25, 0.3) is 0 Å². The van der Waals surface area contributed by atoms with E-state index in [1.165, 1.54) is 0 Å². The lowest BCUT2D eigenvalue weighted by Crippen LogP contribution is -2.43. The number of fused-ring (bicyclic) bond motifs is 2. The lowest BCUT2D eigenvalue weighted by atomic mass is 9.98. The van der Waals surface area contributed by atoms with Gasteiger partial charge in [0.15, 0.2) is 0 Å². The van der Waals surface area contributed by atoms with Gasteiger partial charge in [0.2, 0.25) is 0 Å². The second kappa shape index (κ2) is 6.46. The Morgan fingerprint density at radius 3 is 1.91 bits per heavy atom. The van der Waals surface area contributed by atoms with Gasteiger partial charge in [0.05, 0.1) is 6.10 Å². The lowest BCUT2D eigenvalue weighted by Gasteiger charge is -2.38. The molecular weight excluding hydrogens is 283 g/mol. The summed E-state index contributed by atoms with van der Waals surface area (Å²) in [7, 11) is 0. The normalized spacial score (nSPS) is 30.0. The predicted octanol–water partition coefficient (Wildman–Crippen LogP) is 4.42. The van der Waals surface area contributed by atoms with Gasteiger partial charge >= 0.3 is 0 Å². The van der Waals surface area contributed by atoms with E-state index in [0.717, 1.165) is 36.8 Å². The maximum atomic E-state index is 7.82. The van der Waals surface area contributed by atoms with Crippen molar-refractivity contribution in [3.63, 3.8) is 0 Å². The van der Waals surface area contributed by atoms with E-state index in [4.69, 9.17) is 8.85 Å². The lowest BCUT2D eigenvalue weighted by molar-refractivity contribution is -0.0426. The van der Waals surface area contributed by atoms with Gasteiger partial charge in [0.25, 0.3) is 0 Å². The first-order valence-electron chi connectivity index (χ1n) is 10.1. The van der Waals surface area contributed by atoms with Crippen molar-refractivity contribution in [2.45, 2.75) is 50.0 Å². The summed E-state index contributed by atoms with van der Waals surface area (Å²) in [5, 5.41) is 0. The molecule has 2 unspecified atom stereocenters. The minimum atomic E-state index is -1.99. The van der Waals surface area contributed by atoms with Gasteiger partial charge in [-0.2, -0.15) is 0 Å². The number of piperidine rings is 1. The SMILES string of the molecule is [2H][13C]([2H])([2H])N1C2CCC1CC(OC(c1ccccc1)c1ccccc1)C2. The number of hydrogen-bond acceptors (Lipinski definition) is 2. The first-order chi connectivity index (χ1) is 12.5. The third-order valence-corrected chi connectivity index (χ3v) is 5.22. The third kappa shape index (κ3) is 3.06. The molecule has 2 nitrogen and oxygen atoms in total. The predicted molar refractivity (Wildman–Crippen MR) is 93.4 cm³/mol. The monoisotopic (exact) mass is 311 g/mol. The van der Waals surface area contributed by atoms with Gasteiger partial charge in [-0.05, 0) is 43.8 Å². The van der Waals surface area contributed by atoms with Crippen LogP contribution in [-0.4, -0.2) is 30.1 Å². The van der Waals surface area contributed by atoms with Crippen molar-refractivity contribution >= 4 is 0 Å². The molecule has 2 heterocycles. The maximum absolute atomic E-state index is 7.82. The molecule has 2 aromatic carbocycles. The molecule has 2 aromatic rings. The van der Waals surface area contributed by atoms with Crippen LogP contribution >= 0.6 is 0 Å². The summed E-state index contributed by atoms with van der Waals surface area (Å²) in [5.74, 6) is 0. The number of rotatable bonds is 4. The minimum Gasteiger partial charge on any atom is -0.365 e. The van der Waals surface area contributed by atoms with E-state index in [2.05, 4.69) is 24.3 Å². The maximum Gasteiger partial charge on any atom is 0.108 e. The van der Waals surface area contributed by atoms with E-state index >= 15 is 0 Å². The molecule has 2 aliphatic heterocycles. The van der Waals surface area contributed by atoms with Crippen LogP contribution in [0.4, 0.5) is 0 Å². The third-order valence-electron chi connectivity index (χ3n) is 5.22. The van der Waals surface area contributed by atoms with E-state index in [-0.39, 0.29) is 24.3 Å². The zero-order valence-corrected chi connectivity index (χ0v) is 13.3. The molecule has 120 valence electrons. The Bertz CT molecular complexity index is 666. The topological polar surface area (TPSA) is 12.5 Å². The molecule has 4 rings (SSSR count). The summed E-state index contributed by atoms with van der Waals surface area (Å²) < 4.78 is 30.1. The number of hydrogen-bond donors (Lipinski definition) is 0. The van der Waals surface area contributed by atoms with Crippen molar-refractivity contribution in [2.75, 3.05) is 6.98 Å². The average Bonchev–Trinajstić information content (AvgIpc) is 2.93. The first-order valence-corrected chi connectivity index (χ1v) is 8.56. The van der Waals surface area contributed by atoms with E-state index in [1.54, 1.807) is 4.90 Å². The fourth-order valence-corrected chi connectivity index (χ4v) is 4.04. The van der Waals surface area contributed by atoms with Crippen LogP contribution in [-0.2, 0) is 4.74 Å². The molecule has 2 bridgehead atoms. The Morgan fingerprint density at radius 1 is 0.913 bits per heavy atom. The largest absolute Gasteiger partial charge is 0.365 e. The van der Waals surface area contributed by atoms with Gasteiger partial charge < -0.3 is 9.64 Å². The molecule has 0 spiro atoms. The Morgan fingerprint density at radius 2 is 1.43 bits per heavy atom. The summed E-state index contributed by atoms with van der Waals surface area (Å²) in [6, 6.07) is 20.8. The van der Waals surface area contributed by atoms with Crippen LogP contribution < -0.4 is 0 Å². The highest BCUT2D eigenvalue weighted by Gasteiger charge is 2.39. The number of nitrogens with zero attached hydrogens (tertiary/aromatic N) is 1. The van der Waals surface area contributed by atoms with Gasteiger partial charge in [-0.25, -0.2) is 0 Å². The zero-order valence-electron chi connectivity index (χ0n) is 16.3. The standard InChI is InChI=1S/C21H25NO/c1-22-18-12-13-19(22)15-20(14-18)23-21(16-8-4-2-5-9-16)17-10-6-3-7-11-17/h2-11,18-21H,12-15H2,1H3/i1+1D3. The molecule has 2 fully saturated rings. The summed E-state index contributed by atoms with van der Waals surface area (Å²) >= 11 is 0. The average molecular weight is 311 g/mol. The summed E-state index contributed by atoms with van der Waals surface area (Å²) in [4.78, 5) is 1.76. The first kappa shape index (κ1) is 11.8. The Hall–Kier alpha value is -1.64. The van der Waals surface area contributed by atoms with Gasteiger partial charge in [0, 0.05) is 16.2 Å². The van der Waals surface area contributed by atoms with Gasteiger partial charge in [-0.3, -0.25) is 0 Å². The van der Waals surface area contributed by atoms with Crippen molar-refractivity contribution in [2.24, 2.45) is 0 Å². The smallest absolute Gasteiger partial charge is 0.108 e. The summed E-state index contributed by atoms with van der Waals surface area (Å²) in [5.41, 5.74) is 2.29. The van der Waals surface area contributed by atoms with Crippen LogP contribution in [0.1, 0.15) is 47.0 Å². The molecule has 0 amide bonds. The molecule has 0 aliphatic carbocycles. The fraction of sp³-hybridized carbons (Fsp3) is 0.429. The molecule has 0 N–H and O–H groups in total. The van der Waals surface area contributed by atoms with Crippen LogP contribution in [0.15, 0.2) is 60.7 Å². The van der Waals surface area contributed by atoms with Crippen LogP contribution in [0.2, 0.25) is 0 Å². The quantitative estimate of drug-likeness (QED) is 0.775. The molecular formula is C21H25NO. The van der Waals surface area contributed by atoms with Crippen molar-refractivity contribution in [1.29, 1.82) is 0 Å². The van der Waals surface area contributed by atoms with Crippen LogP contribution in [0.5, 0.6) is 0 Å². The van der Waals surface area contributed by atoms with Crippen molar-refractivity contribution in [3.05, 3.63) is 71.8 Å². The Kier molecular flexibility index (Phi) is 3.32. The highest BCUT2D eigenvalue weighted by Crippen LogP contribution is 2.38. The van der Waals surface area contributed by atoms with Crippen molar-refractivity contribution in [3.8, 4) is 0 Å². The molecule has 0 saturated carbocycles. The second-order valence-corrected chi connectivity index (χ2v) is 6.72. The van der Waals surface area contributed by atoms with Crippen molar-refractivity contribution in [1.82, 2.24) is 4.90 Å². The molecule has 2 atom stereocenters. The fourth-order valence-electron chi connectivity index (χ4n) is 4.04. The van der Waals surface area contributed by atoms with E-state index in [0.29, 0.717) is 0 Å². The summed E-state index contributed by atoms with van der Waals surface area (Å²) in [6.45, 7) is -1.99. The van der Waals surface area contributed by atoms with Gasteiger partial charge in [0.1, 0.15) is 6.10 Å².